The summed E-state index contributed by atoms with van der Waals surface area (Å²) in [6.07, 6.45) is 7.93. The molecule has 29 heavy (non-hydrogen) atoms. The second-order valence-corrected chi connectivity index (χ2v) is 6.71. The first-order valence-corrected chi connectivity index (χ1v) is 9.10. The lowest BCUT2D eigenvalue weighted by Gasteiger charge is -2.13. The maximum Gasteiger partial charge on any atom is 0.158 e. The van der Waals surface area contributed by atoms with Crippen LogP contribution in [0, 0.1) is 5.82 Å². The maximum absolute atomic E-state index is 13.2. The van der Waals surface area contributed by atoms with E-state index in [4.69, 9.17) is 14.7 Å². The standard InChI is InChI=1S/C21H20FN5O.ClH/c1-14(15-2-4-16(22)5-3-15)8-21-26-17(9-18-11-23-6-7-24-18)10-19(27-21)20-12-28-13-25-20;/h2-7,10-12,14,25H,8-9,13H2,1H3;1H/t14-;/m1./s1. The molecule has 150 valence electrons. The van der Waals surface area contributed by atoms with E-state index in [0.29, 0.717) is 19.6 Å². The van der Waals surface area contributed by atoms with Crippen LogP contribution in [0.3, 0.4) is 0 Å². The fourth-order valence-electron chi connectivity index (χ4n) is 3.10. The molecule has 3 aromatic rings. The van der Waals surface area contributed by atoms with Crippen LogP contribution in [-0.4, -0.2) is 26.7 Å². The van der Waals surface area contributed by atoms with E-state index >= 15 is 0 Å². The molecule has 1 N–H and O–H groups in total. The Hall–Kier alpha value is -3.06. The summed E-state index contributed by atoms with van der Waals surface area (Å²) in [5.41, 5.74) is 4.37. The van der Waals surface area contributed by atoms with Crippen molar-refractivity contribution in [2.75, 3.05) is 6.73 Å². The van der Waals surface area contributed by atoms with E-state index in [1.54, 1.807) is 37.0 Å². The zero-order valence-corrected chi connectivity index (χ0v) is 16.7. The highest BCUT2D eigenvalue weighted by Crippen LogP contribution is 2.22. The van der Waals surface area contributed by atoms with Crippen molar-refractivity contribution in [3.8, 4) is 0 Å². The molecule has 0 saturated carbocycles. The Labute approximate surface area is 174 Å². The number of benzene rings is 1. The summed E-state index contributed by atoms with van der Waals surface area (Å²) in [5.74, 6) is 0.643. The lowest BCUT2D eigenvalue weighted by Crippen LogP contribution is -2.12. The van der Waals surface area contributed by atoms with Crippen LogP contribution in [0.2, 0.25) is 0 Å². The van der Waals surface area contributed by atoms with E-state index in [2.05, 4.69) is 22.2 Å². The first-order chi connectivity index (χ1) is 13.7. The molecule has 0 unspecified atom stereocenters. The Morgan fingerprint density at radius 2 is 1.97 bits per heavy atom. The number of nitrogens with zero attached hydrogens (tertiary/aromatic N) is 4. The summed E-state index contributed by atoms with van der Waals surface area (Å²) in [6, 6.07) is 8.51. The normalized spacial score (nSPS) is 13.7. The first kappa shape index (κ1) is 20.7. The minimum atomic E-state index is -0.236. The average molecular weight is 414 g/mol. The zero-order chi connectivity index (χ0) is 19.3. The molecule has 1 aliphatic rings. The Balaban J connectivity index is 0.00000240. The number of rotatable bonds is 6. The minimum absolute atomic E-state index is 0. The molecule has 0 saturated heterocycles. The van der Waals surface area contributed by atoms with E-state index < -0.39 is 0 Å². The van der Waals surface area contributed by atoms with Crippen LogP contribution in [0.5, 0.6) is 0 Å². The van der Waals surface area contributed by atoms with Gasteiger partial charge in [0.25, 0.3) is 0 Å². The van der Waals surface area contributed by atoms with Gasteiger partial charge in [0.2, 0.25) is 0 Å². The van der Waals surface area contributed by atoms with Crippen LogP contribution in [-0.2, 0) is 17.6 Å². The third-order valence-electron chi connectivity index (χ3n) is 4.56. The molecule has 3 heterocycles. The second-order valence-electron chi connectivity index (χ2n) is 6.71. The van der Waals surface area contributed by atoms with Crippen LogP contribution >= 0.6 is 12.4 Å². The van der Waals surface area contributed by atoms with E-state index in [9.17, 15) is 4.39 Å². The van der Waals surface area contributed by atoms with Gasteiger partial charge in [-0.1, -0.05) is 19.1 Å². The summed E-state index contributed by atoms with van der Waals surface area (Å²) in [7, 11) is 0. The molecule has 4 rings (SSSR count). The van der Waals surface area contributed by atoms with E-state index in [1.807, 2.05) is 6.07 Å². The van der Waals surface area contributed by atoms with Gasteiger partial charge in [0.1, 0.15) is 17.9 Å². The van der Waals surface area contributed by atoms with Crippen molar-refractivity contribution in [3.63, 3.8) is 0 Å². The van der Waals surface area contributed by atoms with Crippen LogP contribution in [0.4, 0.5) is 4.39 Å². The van der Waals surface area contributed by atoms with Gasteiger partial charge in [-0.25, -0.2) is 14.4 Å². The molecule has 0 radical (unpaired) electrons. The summed E-state index contributed by atoms with van der Waals surface area (Å²) in [6.45, 7) is 2.52. The Morgan fingerprint density at radius 3 is 2.66 bits per heavy atom. The van der Waals surface area contributed by atoms with Crippen molar-refractivity contribution in [1.29, 1.82) is 0 Å². The van der Waals surface area contributed by atoms with Gasteiger partial charge in [-0.05, 0) is 29.7 Å². The van der Waals surface area contributed by atoms with Gasteiger partial charge in [0.15, 0.2) is 6.73 Å². The highest BCUT2D eigenvalue weighted by Gasteiger charge is 2.15. The molecule has 2 aromatic heterocycles. The van der Waals surface area contributed by atoms with Crippen molar-refractivity contribution >= 4 is 18.1 Å². The van der Waals surface area contributed by atoms with Gasteiger partial charge in [-0.15, -0.1) is 12.4 Å². The number of halogens is 2. The van der Waals surface area contributed by atoms with Crippen LogP contribution < -0.4 is 5.32 Å². The molecular weight excluding hydrogens is 393 g/mol. The quantitative estimate of drug-likeness (QED) is 0.665. The molecule has 8 heteroatoms. The Kier molecular flexibility index (Phi) is 6.72. The molecular formula is C21H21ClFN5O. The minimum Gasteiger partial charge on any atom is -0.479 e. The molecule has 1 aliphatic heterocycles. The summed E-state index contributed by atoms with van der Waals surface area (Å²) in [5, 5.41) is 3.16. The number of nitrogens with one attached hydrogen (secondary N) is 1. The van der Waals surface area contributed by atoms with Gasteiger partial charge in [-0.2, -0.15) is 0 Å². The molecule has 0 spiro atoms. The highest BCUT2D eigenvalue weighted by molar-refractivity contribution is 5.85. The monoisotopic (exact) mass is 413 g/mol. The van der Waals surface area contributed by atoms with Crippen molar-refractivity contribution in [2.24, 2.45) is 0 Å². The van der Waals surface area contributed by atoms with E-state index in [-0.39, 0.29) is 24.1 Å². The summed E-state index contributed by atoms with van der Waals surface area (Å²) < 4.78 is 18.5. The van der Waals surface area contributed by atoms with Crippen molar-refractivity contribution in [2.45, 2.75) is 25.7 Å². The average Bonchev–Trinajstić information content (AvgIpc) is 3.24. The van der Waals surface area contributed by atoms with Crippen molar-refractivity contribution < 1.29 is 9.13 Å². The van der Waals surface area contributed by atoms with E-state index in [1.165, 1.54) is 12.1 Å². The fraction of sp³-hybridized carbons (Fsp3) is 0.238. The first-order valence-electron chi connectivity index (χ1n) is 9.10. The van der Waals surface area contributed by atoms with E-state index in [0.717, 1.165) is 34.2 Å². The molecule has 0 fully saturated rings. The van der Waals surface area contributed by atoms with Gasteiger partial charge >= 0.3 is 0 Å². The van der Waals surface area contributed by atoms with Crippen LogP contribution in [0.1, 0.15) is 41.3 Å². The second kappa shape index (κ2) is 9.43. The largest absolute Gasteiger partial charge is 0.479 e. The molecule has 0 amide bonds. The Bertz CT molecular complexity index is 982. The molecule has 1 aromatic carbocycles. The predicted molar refractivity (Wildman–Crippen MR) is 110 cm³/mol. The molecule has 0 bridgehead atoms. The van der Waals surface area contributed by atoms with Crippen molar-refractivity contribution in [3.05, 3.63) is 89.5 Å². The van der Waals surface area contributed by atoms with Gasteiger partial charge < -0.3 is 10.1 Å². The lowest BCUT2D eigenvalue weighted by molar-refractivity contribution is 0.267. The fourth-order valence-corrected chi connectivity index (χ4v) is 3.10. The Morgan fingerprint density at radius 1 is 1.14 bits per heavy atom. The van der Waals surface area contributed by atoms with Gasteiger partial charge in [0.05, 0.1) is 22.8 Å². The molecule has 6 nitrogen and oxygen atoms in total. The topological polar surface area (TPSA) is 72.8 Å². The highest BCUT2D eigenvalue weighted by atomic mass is 35.5. The van der Waals surface area contributed by atoms with Crippen LogP contribution in [0.25, 0.3) is 5.70 Å². The van der Waals surface area contributed by atoms with Gasteiger partial charge in [-0.3, -0.25) is 9.97 Å². The SMILES string of the molecule is C[C@H](Cc1nc(Cc2cnccn2)cc(C2=COCN2)n1)c1ccc(F)cc1.Cl. The smallest absolute Gasteiger partial charge is 0.158 e. The third kappa shape index (κ3) is 5.26. The van der Waals surface area contributed by atoms with Crippen molar-refractivity contribution in [1.82, 2.24) is 25.3 Å². The van der Waals surface area contributed by atoms with Crippen LogP contribution in [0.15, 0.2) is 55.2 Å². The lowest BCUT2D eigenvalue weighted by atomic mass is 9.97. The van der Waals surface area contributed by atoms with Gasteiger partial charge in [0, 0.05) is 31.4 Å². The number of hydrogen-bond donors (Lipinski definition) is 1. The summed E-state index contributed by atoms with van der Waals surface area (Å²) >= 11 is 0. The maximum atomic E-state index is 13.2. The number of aromatic nitrogens is 4. The molecule has 0 aliphatic carbocycles. The predicted octanol–water partition coefficient (Wildman–Crippen LogP) is 3.64. The number of ether oxygens (including phenoxy) is 1. The summed E-state index contributed by atoms with van der Waals surface area (Å²) in [4.78, 5) is 17.9. The third-order valence-corrected chi connectivity index (χ3v) is 4.56. The zero-order valence-electron chi connectivity index (χ0n) is 15.9. The molecule has 1 atom stereocenters. The number of hydrogen-bond acceptors (Lipinski definition) is 6.